The predicted octanol–water partition coefficient (Wildman–Crippen LogP) is 2.44. The number of halogens is 1. The second-order valence-electron chi connectivity index (χ2n) is 3.79. The number of rotatable bonds is 3. The molecule has 0 unspecified atom stereocenters. The summed E-state index contributed by atoms with van der Waals surface area (Å²) in [5.74, 6) is -0.326. The third-order valence-corrected chi connectivity index (χ3v) is 2.68. The molecule has 1 aromatic heterocycles. The monoisotopic (exact) mass is 261 g/mol. The van der Waals surface area contributed by atoms with Crippen molar-refractivity contribution in [3.8, 4) is 0 Å². The zero-order chi connectivity index (χ0) is 13.0. The van der Waals surface area contributed by atoms with Gasteiger partial charge in [0.05, 0.1) is 16.8 Å². The lowest BCUT2D eigenvalue weighted by Gasteiger charge is -2.01. The van der Waals surface area contributed by atoms with Crippen LogP contribution in [0.2, 0.25) is 5.02 Å². The lowest BCUT2D eigenvalue weighted by atomic mass is 10.2. The number of hydrazone groups is 1. The fourth-order valence-corrected chi connectivity index (χ4v) is 1.69. The van der Waals surface area contributed by atoms with Crippen LogP contribution in [0.15, 0.2) is 47.8 Å². The van der Waals surface area contributed by atoms with Crippen LogP contribution in [0.1, 0.15) is 15.9 Å². The highest BCUT2D eigenvalue weighted by molar-refractivity contribution is 6.33. The van der Waals surface area contributed by atoms with Gasteiger partial charge in [0.1, 0.15) is 0 Å². The molecule has 0 spiro atoms. The molecule has 18 heavy (non-hydrogen) atoms. The van der Waals surface area contributed by atoms with Crippen molar-refractivity contribution >= 4 is 23.7 Å². The van der Waals surface area contributed by atoms with Crippen molar-refractivity contribution in [2.75, 3.05) is 0 Å². The molecule has 0 bridgehead atoms. The molecule has 4 nitrogen and oxygen atoms in total. The van der Waals surface area contributed by atoms with Crippen LogP contribution in [0.3, 0.4) is 0 Å². The number of carbonyl (C=O) groups excluding carboxylic acids is 1. The van der Waals surface area contributed by atoms with Gasteiger partial charge in [0.15, 0.2) is 0 Å². The molecule has 0 radical (unpaired) electrons. The highest BCUT2D eigenvalue weighted by atomic mass is 35.5. The van der Waals surface area contributed by atoms with E-state index in [1.807, 2.05) is 30.1 Å². The molecule has 0 fully saturated rings. The molecule has 0 aliphatic rings. The van der Waals surface area contributed by atoms with E-state index in [1.54, 1.807) is 30.5 Å². The standard InChI is InChI=1S/C13H12ClN3O/c1-17-7-6-10(9-17)8-15-16-13(18)11-4-2-3-5-12(11)14/h2-9H,1H3,(H,16,18)/b15-8-. The smallest absolute Gasteiger partial charge is 0.272 e. The Bertz CT molecular complexity index is 589. The second-order valence-corrected chi connectivity index (χ2v) is 4.20. The summed E-state index contributed by atoms with van der Waals surface area (Å²) >= 11 is 5.90. The summed E-state index contributed by atoms with van der Waals surface area (Å²) in [5.41, 5.74) is 3.76. The van der Waals surface area contributed by atoms with Crippen molar-refractivity contribution in [1.29, 1.82) is 0 Å². The van der Waals surface area contributed by atoms with E-state index in [1.165, 1.54) is 0 Å². The quantitative estimate of drug-likeness (QED) is 0.669. The Morgan fingerprint density at radius 2 is 2.17 bits per heavy atom. The van der Waals surface area contributed by atoms with Crippen LogP contribution in [0.5, 0.6) is 0 Å². The van der Waals surface area contributed by atoms with Gasteiger partial charge in [-0.1, -0.05) is 23.7 Å². The average Bonchev–Trinajstić information content (AvgIpc) is 2.75. The maximum atomic E-state index is 11.7. The Kier molecular flexibility index (Phi) is 3.79. The Balaban J connectivity index is 2.01. The molecule has 0 aliphatic carbocycles. The number of nitrogens with one attached hydrogen (secondary N) is 1. The van der Waals surface area contributed by atoms with Crippen LogP contribution in [0.4, 0.5) is 0 Å². The third-order valence-electron chi connectivity index (χ3n) is 2.35. The summed E-state index contributed by atoms with van der Waals surface area (Å²) in [6, 6.07) is 8.73. The van der Waals surface area contributed by atoms with Gasteiger partial charge in [-0.25, -0.2) is 5.43 Å². The number of benzene rings is 1. The zero-order valence-electron chi connectivity index (χ0n) is 9.80. The van der Waals surface area contributed by atoms with Crippen molar-refractivity contribution in [2.24, 2.45) is 12.1 Å². The molecule has 0 atom stereocenters. The number of carbonyl (C=O) groups is 1. The maximum absolute atomic E-state index is 11.7. The summed E-state index contributed by atoms with van der Waals surface area (Å²) in [4.78, 5) is 11.7. The van der Waals surface area contributed by atoms with Crippen molar-refractivity contribution in [1.82, 2.24) is 9.99 Å². The minimum Gasteiger partial charge on any atom is -0.357 e. The number of hydrogen-bond acceptors (Lipinski definition) is 2. The molecule has 2 rings (SSSR count). The molecule has 1 amide bonds. The van der Waals surface area contributed by atoms with E-state index in [0.29, 0.717) is 10.6 Å². The van der Waals surface area contributed by atoms with Crippen LogP contribution in [0.25, 0.3) is 0 Å². The molecule has 1 heterocycles. The highest BCUT2D eigenvalue weighted by Gasteiger charge is 2.07. The van der Waals surface area contributed by atoms with Crippen LogP contribution in [-0.4, -0.2) is 16.7 Å². The van der Waals surface area contributed by atoms with Crippen LogP contribution in [0, 0.1) is 0 Å². The molecule has 92 valence electrons. The molecule has 5 heteroatoms. The average molecular weight is 262 g/mol. The third kappa shape index (κ3) is 2.99. The molecule has 1 N–H and O–H groups in total. The van der Waals surface area contributed by atoms with Gasteiger partial charge < -0.3 is 4.57 Å². The van der Waals surface area contributed by atoms with Crippen molar-refractivity contribution in [3.05, 3.63) is 58.9 Å². The molecule has 0 saturated carbocycles. The Labute approximate surface area is 110 Å². The lowest BCUT2D eigenvalue weighted by Crippen LogP contribution is -2.17. The largest absolute Gasteiger partial charge is 0.357 e. The second kappa shape index (κ2) is 5.51. The van der Waals surface area contributed by atoms with E-state index in [2.05, 4.69) is 10.5 Å². The first kappa shape index (κ1) is 12.4. The van der Waals surface area contributed by atoms with Gasteiger partial charge in [-0.15, -0.1) is 0 Å². The predicted molar refractivity (Wildman–Crippen MR) is 71.9 cm³/mol. The van der Waals surface area contributed by atoms with Crippen molar-refractivity contribution in [2.45, 2.75) is 0 Å². The van der Waals surface area contributed by atoms with Gasteiger partial charge in [-0.3, -0.25) is 4.79 Å². The van der Waals surface area contributed by atoms with E-state index in [4.69, 9.17) is 11.6 Å². The molecule has 0 aliphatic heterocycles. The first-order chi connectivity index (χ1) is 8.66. The fraction of sp³-hybridized carbons (Fsp3) is 0.0769. The fourth-order valence-electron chi connectivity index (χ4n) is 1.47. The van der Waals surface area contributed by atoms with E-state index < -0.39 is 0 Å². The molecule has 2 aromatic rings. The SMILES string of the molecule is Cn1ccc(/C=N\NC(=O)c2ccccc2Cl)c1. The maximum Gasteiger partial charge on any atom is 0.272 e. The summed E-state index contributed by atoms with van der Waals surface area (Å²) in [7, 11) is 1.92. The van der Waals surface area contributed by atoms with Crippen LogP contribution < -0.4 is 5.43 Å². The minimum atomic E-state index is -0.326. The summed E-state index contributed by atoms with van der Waals surface area (Å²) in [6.45, 7) is 0. The van der Waals surface area contributed by atoms with Gasteiger partial charge in [-0.05, 0) is 18.2 Å². The molecular weight excluding hydrogens is 250 g/mol. The van der Waals surface area contributed by atoms with Crippen molar-refractivity contribution in [3.63, 3.8) is 0 Å². The number of aromatic nitrogens is 1. The first-order valence-corrected chi connectivity index (χ1v) is 5.74. The Morgan fingerprint density at radius 3 is 2.83 bits per heavy atom. The lowest BCUT2D eigenvalue weighted by molar-refractivity contribution is 0.0955. The van der Waals surface area contributed by atoms with Gasteiger partial charge in [0.2, 0.25) is 0 Å². The number of aryl methyl sites for hydroxylation is 1. The number of amides is 1. The van der Waals surface area contributed by atoms with Gasteiger partial charge >= 0.3 is 0 Å². The Hall–Kier alpha value is -2.07. The first-order valence-electron chi connectivity index (χ1n) is 5.37. The van der Waals surface area contributed by atoms with Crippen LogP contribution in [-0.2, 0) is 7.05 Å². The summed E-state index contributed by atoms with van der Waals surface area (Å²) < 4.78 is 1.90. The van der Waals surface area contributed by atoms with Gasteiger partial charge in [-0.2, -0.15) is 5.10 Å². The zero-order valence-corrected chi connectivity index (χ0v) is 10.6. The summed E-state index contributed by atoms with van der Waals surface area (Å²) in [5, 5.41) is 4.28. The van der Waals surface area contributed by atoms with Gasteiger partial charge in [0, 0.05) is 25.0 Å². The molecule has 1 aromatic carbocycles. The minimum absolute atomic E-state index is 0.326. The highest BCUT2D eigenvalue weighted by Crippen LogP contribution is 2.14. The van der Waals surface area contributed by atoms with E-state index in [9.17, 15) is 4.79 Å². The number of hydrogen-bond donors (Lipinski definition) is 1. The Morgan fingerprint density at radius 1 is 1.39 bits per heavy atom. The normalized spacial score (nSPS) is 10.8. The topological polar surface area (TPSA) is 46.4 Å². The molecule has 0 saturated heterocycles. The van der Waals surface area contributed by atoms with Gasteiger partial charge in [0.25, 0.3) is 5.91 Å². The van der Waals surface area contributed by atoms with E-state index in [0.717, 1.165) is 5.56 Å². The molecular formula is C13H12ClN3O. The van der Waals surface area contributed by atoms with E-state index >= 15 is 0 Å². The van der Waals surface area contributed by atoms with E-state index in [-0.39, 0.29) is 5.91 Å². The van der Waals surface area contributed by atoms with Crippen LogP contribution >= 0.6 is 11.6 Å². The summed E-state index contributed by atoms with van der Waals surface area (Å²) in [6.07, 6.45) is 5.37. The van der Waals surface area contributed by atoms with Crippen molar-refractivity contribution < 1.29 is 4.79 Å². The number of nitrogens with zero attached hydrogens (tertiary/aromatic N) is 2.